The molecule has 0 aliphatic rings. The van der Waals surface area contributed by atoms with Crippen LogP contribution in [0.1, 0.15) is 46.1 Å². The van der Waals surface area contributed by atoms with E-state index in [9.17, 15) is 10.1 Å². The van der Waals surface area contributed by atoms with E-state index in [0.29, 0.717) is 19.4 Å². The van der Waals surface area contributed by atoms with E-state index in [2.05, 4.69) is 6.07 Å². The molecule has 3 heteroatoms. The number of rotatable bonds is 6. The van der Waals surface area contributed by atoms with Crippen molar-refractivity contribution in [2.24, 2.45) is 5.41 Å². The zero-order valence-electron chi connectivity index (χ0n) is 12.9. The Hall–Kier alpha value is -1.82. The van der Waals surface area contributed by atoms with Crippen molar-refractivity contribution in [3.05, 3.63) is 35.9 Å². The minimum Gasteiger partial charge on any atom is -0.335 e. The van der Waals surface area contributed by atoms with E-state index in [1.807, 2.05) is 62.9 Å². The van der Waals surface area contributed by atoms with Gasteiger partial charge in [0.25, 0.3) is 0 Å². The van der Waals surface area contributed by atoms with Crippen molar-refractivity contribution in [3.63, 3.8) is 0 Å². The smallest absolute Gasteiger partial charge is 0.243 e. The summed E-state index contributed by atoms with van der Waals surface area (Å²) in [7, 11) is 0. The highest BCUT2D eigenvalue weighted by molar-refractivity contribution is 5.85. The highest BCUT2D eigenvalue weighted by Crippen LogP contribution is 2.29. The summed E-state index contributed by atoms with van der Waals surface area (Å²) in [4.78, 5) is 14.6. The lowest BCUT2D eigenvalue weighted by molar-refractivity contribution is -0.142. The number of nitrogens with zero attached hydrogens (tertiary/aromatic N) is 2. The standard InChI is InChI=1S/C17H24N2O/c1-5-17(6-2,13-18)16(20)19(14(3)4)12-15-10-8-7-9-11-15/h7-11,14H,5-6,12H2,1-4H3. The molecule has 0 unspecified atom stereocenters. The predicted octanol–water partition coefficient (Wildman–Crippen LogP) is 3.75. The third kappa shape index (κ3) is 3.39. The average Bonchev–Trinajstić information content (AvgIpc) is 2.47. The van der Waals surface area contributed by atoms with E-state index in [1.54, 1.807) is 0 Å². The van der Waals surface area contributed by atoms with Gasteiger partial charge in [-0.3, -0.25) is 4.79 Å². The van der Waals surface area contributed by atoms with Gasteiger partial charge in [-0.05, 0) is 32.3 Å². The molecule has 0 atom stereocenters. The Kier molecular flexibility index (Phi) is 5.76. The Morgan fingerprint density at radius 1 is 1.25 bits per heavy atom. The molecule has 0 saturated heterocycles. The van der Waals surface area contributed by atoms with E-state index < -0.39 is 5.41 Å². The van der Waals surface area contributed by atoms with Gasteiger partial charge in [-0.25, -0.2) is 0 Å². The molecule has 0 fully saturated rings. The minimum atomic E-state index is -0.890. The fraction of sp³-hybridized carbons (Fsp3) is 0.529. The van der Waals surface area contributed by atoms with Crippen LogP contribution in [0.2, 0.25) is 0 Å². The number of amides is 1. The fourth-order valence-electron chi connectivity index (χ4n) is 2.30. The van der Waals surface area contributed by atoms with Crippen molar-refractivity contribution in [3.8, 4) is 6.07 Å². The monoisotopic (exact) mass is 272 g/mol. The van der Waals surface area contributed by atoms with Crippen LogP contribution in [-0.4, -0.2) is 16.8 Å². The number of hydrogen-bond acceptors (Lipinski definition) is 2. The maximum Gasteiger partial charge on any atom is 0.243 e. The summed E-state index contributed by atoms with van der Waals surface area (Å²) in [5.41, 5.74) is 0.201. The molecule has 1 amide bonds. The van der Waals surface area contributed by atoms with Gasteiger partial charge >= 0.3 is 0 Å². The van der Waals surface area contributed by atoms with Crippen LogP contribution in [0.15, 0.2) is 30.3 Å². The SMILES string of the molecule is CCC(C#N)(CC)C(=O)N(Cc1ccccc1)C(C)C. The Balaban J connectivity index is 3.03. The summed E-state index contributed by atoms with van der Waals surface area (Å²) >= 11 is 0. The first-order chi connectivity index (χ1) is 9.50. The van der Waals surface area contributed by atoms with Crippen LogP contribution in [0.25, 0.3) is 0 Å². The molecule has 1 aromatic carbocycles. The van der Waals surface area contributed by atoms with Gasteiger partial charge < -0.3 is 4.90 Å². The molecule has 3 nitrogen and oxygen atoms in total. The Morgan fingerprint density at radius 3 is 2.20 bits per heavy atom. The van der Waals surface area contributed by atoms with Crippen LogP contribution in [0, 0.1) is 16.7 Å². The minimum absolute atomic E-state index is 0.0520. The van der Waals surface area contributed by atoms with E-state index in [1.165, 1.54) is 0 Å². The van der Waals surface area contributed by atoms with Crippen LogP contribution >= 0.6 is 0 Å². The molecule has 0 aliphatic carbocycles. The van der Waals surface area contributed by atoms with Crippen LogP contribution in [0.3, 0.4) is 0 Å². The van der Waals surface area contributed by atoms with Crippen molar-refractivity contribution >= 4 is 5.91 Å². The van der Waals surface area contributed by atoms with Crippen molar-refractivity contribution in [2.75, 3.05) is 0 Å². The Bertz CT molecular complexity index is 470. The second kappa shape index (κ2) is 7.09. The molecule has 20 heavy (non-hydrogen) atoms. The summed E-state index contributed by atoms with van der Waals surface area (Å²) in [5, 5.41) is 9.45. The first kappa shape index (κ1) is 16.2. The van der Waals surface area contributed by atoms with Gasteiger partial charge in [0, 0.05) is 12.6 Å². The molecule has 0 spiro atoms. The number of carbonyl (C=O) groups excluding carboxylic acids is 1. The number of nitriles is 1. The number of hydrogen-bond donors (Lipinski definition) is 0. The lowest BCUT2D eigenvalue weighted by atomic mass is 9.82. The summed E-state index contributed by atoms with van der Waals surface area (Å²) in [6.45, 7) is 8.36. The molecular formula is C17H24N2O. The van der Waals surface area contributed by atoms with E-state index in [4.69, 9.17) is 0 Å². The Morgan fingerprint density at radius 2 is 1.80 bits per heavy atom. The van der Waals surface area contributed by atoms with Crippen molar-refractivity contribution in [1.29, 1.82) is 5.26 Å². The lowest BCUT2D eigenvalue weighted by Crippen LogP contribution is -2.45. The molecule has 0 aliphatic heterocycles. The lowest BCUT2D eigenvalue weighted by Gasteiger charge is -2.34. The quantitative estimate of drug-likeness (QED) is 0.791. The van der Waals surface area contributed by atoms with Crippen LogP contribution in [0.5, 0.6) is 0 Å². The summed E-state index contributed by atoms with van der Waals surface area (Å²) in [5.74, 6) is -0.0520. The molecule has 1 aromatic rings. The summed E-state index contributed by atoms with van der Waals surface area (Å²) < 4.78 is 0. The van der Waals surface area contributed by atoms with Crippen LogP contribution in [-0.2, 0) is 11.3 Å². The first-order valence-corrected chi connectivity index (χ1v) is 7.27. The van der Waals surface area contributed by atoms with Crippen molar-refractivity contribution < 1.29 is 4.79 Å². The third-order valence-corrected chi connectivity index (χ3v) is 3.91. The van der Waals surface area contributed by atoms with Crippen LogP contribution in [0.4, 0.5) is 0 Å². The van der Waals surface area contributed by atoms with Crippen molar-refractivity contribution in [2.45, 2.75) is 53.1 Å². The van der Waals surface area contributed by atoms with Crippen LogP contribution < -0.4 is 0 Å². The van der Waals surface area contributed by atoms with Gasteiger partial charge in [0.1, 0.15) is 5.41 Å². The predicted molar refractivity (Wildman–Crippen MR) is 80.8 cm³/mol. The zero-order chi connectivity index (χ0) is 15.2. The second-order valence-corrected chi connectivity index (χ2v) is 5.41. The average molecular weight is 272 g/mol. The number of carbonyl (C=O) groups is 1. The molecule has 0 aromatic heterocycles. The second-order valence-electron chi connectivity index (χ2n) is 5.41. The van der Waals surface area contributed by atoms with Gasteiger partial charge in [-0.15, -0.1) is 0 Å². The summed E-state index contributed by atoms with van der Waals surface area (Å²) in [6.07, 6.45) is 1.10. The van der Waals surface area contributed by atoms with E-state index in [0.717, 1.165) is 5.56 Å². The molecule has 0 bridgehead atoms. The Labute approximate surface area is 122 Å². The van der Waals surface area contributed by atoms with E-state index >= 15 is 0 Å². The maximum absolute atomic E-state index is 12.8. The largest absolute Gasteiger partial charge is 0.335 e. The molecule has 0 saturated carbocycles. The van der Waals surface area contributed by atoms with Gasteiger partial charge in [-0.1, -0.05) is 44.2 Å². The third-order valence-electron chi connectivity index (χ3n) is 3.91. The normalized spacial score (nSPS) is 11.2. The van der Waals surface area contributed by atoms with Gasteiger partial charge in [0.05, 0.1) is 6.07 Å². The molecule has 0 radical (unpaired) electrons. The van der Waals surface area contributed by atoms with Crippen molar-refractivity contribution in [1.82, 2.24) is 4.90 Å². The van der Waals surface area contributed by atoms with E-state index in [-0.39, 0.29) is 11.9 Å². The molecule has 108 valence electrons. The van der Waals surface area contributed by atoms with Gasteiger partial charge in [0.2, 0.25) is 5.91 Å². The topological polar surface area (TPSA) is 44.1 Å². The van der Waals surface area contributed by atoms with Gasteiger partial charge in [-0.2, -0.15) is 5.26 Å². The molecule has 1 rings (SSSR count). The van der Waals surface area contributed by atoms with Gasteiger partial charge in [0.15, 0.2) is 0 Å². The maximum atomic E-state index is 12.8. The first-order valence-electron chi connectivity index (χ1n) is 7.27. The highest BCUT2D eigenvalue weighted by atomic mass is 16.2. The number of benzene rings is 1. The molecule has 0 heterocycles. The summed E-state index contributed by atoms with van der Waals surface area (Å²) in [6, 6.07) is 12.2. The highest BCUT2D eigenvalue weighted by Gasteiger charge is 2.39. The fourth-order valence-corrected chi connectivity index (χ4v) is 2.30. The molecular weight excluding hydrogens is 248 g/mol. The molecule has 0 N–H and O–H groups in total. The zero-order valence-corrected chi connectivity index (χ0v) is 12.9.